The Morgan fingerprint density at radius 1 is 1.07 bits per heavy atom. The van der Waals surface area contributed by atoms with Gasteiger partial charge >= 0.3 is 5.97 Å². The van der Waals surface area contributed by atoms with Crippen molar-refractivity contribution < 1.29 is 19.1 Å². The summed E-state index contributed by atoms with van der Waals surface area (Å²) in [5.41, 5.74) is 3.18. The van der Waals surface area contributed by atoms with Gasteiger partial charge in [-0.25, -0.2) is 9.78 Å². The maximum absolute atomic E-state index is 12.3. The van der Waals surface area contributed by atoms with Crippen LogP contribution in [0.4, 0.5) is 5.69 Å². The van der Waals surface area contributed by atoms with E-state index in [9.17, 15) is 9.59 Å². The summed E-state index contributed by atoms with van der Waals surface area (Å²) >= 11 is 6.14. The van der Waals surface area contributed by atoms with Crippen LogP contribution in [0, 0.1) is 13.8 Å². The van der Waals surface area contributed by atoms with Gasteiger partial charge in [0, 0.05) is 11.5 Å². The number of ether oxygens (including phenoxy) is 2. The summed E-state index contributed by atoms with van der Waals surface area (Å²) in [7, 11) is 1.28. The maximum Gasteiger partial charge on any atom is 0.356 e. The molecule has 0 aliphatic heterocycles. The highest BCUT2D eigenvalue weighted by molar-refractivity contribution is 6.33. The number of nitrogens with zero attached hydrogens (tertiary/aromatic N) is 1. The minimum absolute atomic E-state index is 0.107. The number of hydrogen-bond acceptors (Lipinski definition) is 5. The van der Waals surface area contributed by atoms with Crippen LogP contribution >= 0.6 is 11.6 Å². The van der Waals surface area contributed by atoms with Gasteiger partial charge in [0.25, 0.3) is 5.91 Å². The van der Waals surface area contributed by atoms with Gasteiger partial charge in [-0.2, -0.15) is 0 Å². The number of rotatable bonds is 5. The molecular weight excluding hydrogens is 380 g/mol. The number of carbonyl (C=O) groups is 2. The summed E-state index contributed by atoms with van der Waals surface area (Å²) in [5.74, 6) is -0.578. The number of fused-ring (bicyclic) bond motifs is 1. The standard InChI is InChI=1S/C21H19ClN2O4/c1-12-4-6-16-14(8-12)19(10-18(23-16)21(26)27-3)28-11-20(25)24-17-7-5-13(2)9-15(17)22/h4-10H,11H2,1-3H3,(H,24,25). The zero-order valence-corrected chi connectivity index (χ0v) is 16.5. The van der Waals surface area contributed by atoms with E-state index in [2.05, 4.69) is 10.3 Å². The number of methoxy groups -OCH3 is 1. The summed E-state index contributed by atoms with van der Waals surface area (Å²) in [5, 5.41) is 3.87. The number of amides is 1. The molecule has 0 aliphatic carbocycles. The lowest BCUT2D eigenvalue weighted by Crippen LogP contribution is -2.20. The minimum Gasteiger partial charge on any atom is -0.483 e. The third kappa shape index (κ3) is 4.40. The molecule has 0 saturated carbocycles. The molecule has 1 N–H and O–H groups in total. The maximum atomic E-state index is 12.3. The third-order valence-electron chi connectivity index (χ3n) is 4.08. The van der Waals surface area contributed by atoms with Crippen LogP contribution in [0.2, 0.25) is 5.02 Å². The summed E-state index contributed by atoms with van der Waals surface area (Å²) in [6, 6.07) is 12.4. The quantitative estimate of drug-likeness (QED) is 0.648. The van der Waals surface area contributed by atoms with Crippen LogP contribution in [-0.2, 0) is 9.53 Å². The van der Waals surface area contributed by atoms with Crippen molar-refractivity contribution >= 4 is 40.1 Å². The van der Waals surface area contributed by atoms with Gasteiger partial charge in [0.15, 0.2) is 12.3 Å². The average molecular weight is 399 g/mol. The Hall–Kier alpha value is -3.12. The summed E-state index contributed by atoms with van der Waals surface area (Å²) in [6.45, 7) is 3.59. The molecule has 0 radical (unpaired) electrons. The summed E-state index contributed by atoms with van der Waals surface area (Å²) < 4.78 is 10.4. The number of benzene rings is 2. The second kappa shape index (κ2) is 8.27. The van der Waals surface area contributed by atoms with Gasteiger partial charge in [0.05, 0.1) is 23.3 Å². The molecule has 6 nitrogen and oxygen atoms in total. The predicted octanol–water partition coefficient (Wildman–Crippen LogP) is 4.31. The van der Waals surface area contributed by atoms with Gasteiger partial charge in [-0.05, 0) is 43.7 Å². The van der Waals surface area contributed by atoms with Crippen molar-refractivity contribution in [1.82, 2.24) is 4.98 Å². The second-order valence-electron chi connectivity index (χ2n) is 6.34. The molecule has 1 heterocycles. The van der Waals surface area contributed by atoms with Crippen molar-refractivity contribution in [3.8, 4) is 5.75 Å². The predicted molar refractivity (Wildman–Crippen MR) is 108 cm³/mol. The van der Waals surface area contributed by atoms with Gasteiger partial charge in [-0.1, -0.05) is 29.3 Å². The molecule has 144 valence electrons. The fraction of sp³-hybridized carbons (Fsp3) is 0.190. The van der Waals surface area contributed by atoms with Crippen molar-refractivity contribution in [2.75, 3.05) is 19.0 Å². The van der Waals surface area contributed by atoms with Gasteiger partial charge < -0.3 is 14.8 Å². The molecule has 1 aromatic heterocycles. The van der Waals surface area contributed by atoms with Gasteiger partial charge in [-0.3, -0.25) is 4.79 Å². The zero-order valence-electron chi connectivity index (χ0n) is 15.7. The topological polar surface area (TPSA) is 77.5 Å². The van der Waals surface area contributed by atoms with Crippen LogP contribution in [0.5, 0.6) is 5.75 Å². The van der Waals surface area contributed by atoms with Crippen molar-refractivity contribution in [2.45, 2.75) is 13.8 Å². The van der Waals surface area contributed by atoms with Crippen molar-refractivity contribution in [3.63, 3.8) is 0 Å². The van der Waals surface area contributed by atoms with Crippen LogP contribution in [0.25, 0.3) is 10.9 Å². The van der Waals surface area contributed by atoms with Gasteiger partial charge in [0.1, 0.15) is 5.75 Å². The number of aromatic nitrogens is 1. The van der Waals surface area contributed by atoms with Crippen LogP contribution < -0.4 is 10.1 Å². The van der Waals surface area contributed by atoms with E-state index >= 15 is 0 Å². The zero-order chi connectivity index (χ0) is 20.3. The summed E-state index contributed by atoms with van der Waals surface area (Å²) in [4.78, 5) is 28.5. The number of hydrogen-bond donors (Lipinski definition) is 1. The van der Waals surface area contributed by atoms with Crippen LogP contribution in [-0.4, -0.2) is 30.6 Å². The minimum atomic E-state index is -0.580. The number of aryl methyl sites for hydroxylation is 2. The highest BCUT2D eigenvalue weighted by Crippen LogP contribution is 2.27. The Morgan fingerprint density at radius 2 is 1.79 bits per heavy atom. The Bertz CT molecular complexity index is 1070. The lowest BCUT2D eigenvalue weighted by atomic mass is 10.1. The normalized spacial score (nSPS) is 10.6. The first-order valence-corrected chi connectivity index (χ1v) is 8.93. The number of halogens is 1. The molecule has 28 heavy (non-hydrogen) atoms. The molecule has 0 saturated heterocycles. The highest BCUT2D eigenvalue weighted by atomic mass is 35.5. The van der Waals surface area contributed by atoms with Crippen molar-refractivity contribution in [3.05, 3.63) is 64.3 Å². The second-order valence-corrected chi connectivity index (χ2v) is 6.75. The molecule has 3 aromatic rings. The lowest BCUT2D eigenvalue weighted by molar-refractivity contribution is -0.118. The molecular formula is C21H19ClN2O4. The highest BCUT2D eigenvalue weighted by Gasteiger charge is 2.15. The monoisotopic (exact) mass is 398 g/mol. The fourth-order valence-electron chi connectivity index (χ4n) is 2.69. The third-order valence-corrected chi connectivity index (χ3v) is 4.39. The fourth-order valence-corrected chi connectivity index (χ4v) is 2.97. The molecule has 0 unspecified atom stereocenters. The van der Waals surface area contributed by atoms with E-state index in [0.29, 0.717) is 27.4 Å². The molecule has 7 heteroatoms. The average Bonchev–Trinajstić information content (AvgIpc) is 2.67. The number of pyridine rings is 1. The molecule has 0 fully saturated rings. The first-order valence-electron chi connectivity index (χ1n) is 8.56. The van der Waals surface area contributed by atoms with Crippen LogP contribution in [0.15, 0.2) is 42.5 Å². The van der Waals surface area contributed by atoms with E-state index in [-0.39, 0.29) is 18.2 Å². The van der Waals surface area contributed by atoms with E-state index in [1.807, 2.05) is 32.0 Å². The van der Waals surface area contributed by atoms with E-state index in [4.69, 9.17) is 21.1 Å². The summed E-state index contributed by atoms with van der Waals surface area (Å²) in [6.07, 6.45) is 0. The van der Waals surface area contributed by atoms with E-state index < -0.39 is 5.97 Å². The number of anilines is 1. The molecule has 0 aliphatic rings. The first-order chi connectivity index (χ1) is 13.4. The van der Waals surface area contributed by atoms with E-state index in [1.54, 1.807) is 18.2 Å². The Kier molecular flexibility index (Phi) is 5.80. The van der Waals surface area contributed by atoms with Gasteiger partial charge in [0.2, 0.25) is 0 Å². The molecule has 0 atom stereocenters. The van der Waals surface area contributed by atoms with E-state index in [0.717, 1.165) is 11.1 Å². The van der Waals surface area contributed by atoms with Crippen LogP contribution in [0.3, 0.4) is 0 Å². The SMILES string of the molecule is COC(=O)c1cc(OCC(=O)Nc2ccc(C)cc2Cl)c2cc(C)ccc2n1. The molecule has 0 bridgehead atoms. The Morgan fingerprint density at radius 3 is 2.50 bits per heavy atom. The number of esters is 1. The molecule has 2 aromatic carbocycles. The molecule has 0 spiro atoms. The van der Waals surface area contributed by atoms with Crippen molar-refractivity contribution in [1.29, 1.82) is 0 Å². The molecule has 1 amide bonds. The van der Waals surface area contributed by atoms with Crippen LogP contribution in [0.1, 0.15) is 21.6 Å². The van der Waals surface area contributed by atoms with E-state index in [1.165, 1.54) is 13.2 Å². The number of nitrogens with one attached hydrogen (secondary N) is 1. The van der Waals surface area contributed by atoms with Gasteiger partial charge in [-0.15, -0.1) is 0 Å². The Balaban J connectivity index is 1.83. The largest absolute Gasteiger partial charge is 0.483 e. The first kappa shape index (κ1) is 19.6. The Labute approximate surface area is 167 Å². The molecule has 3 rings (SSSR count). The van der Waals surface area contributed by atoms with Crippen molar-refractivity contribution in [2.24, 2.45) is 0 Å². The smallest absolute Gasteiger partial charge is 0.356 e. The lowest BCUT2D eigenvalue weighted by Gasteiger charge is -2.12. The number of carbonyl (C=O) groups excluding carboxylic acids is 2.